The summed E-state index contributed by atoms with van der Waals surface area (Å²) in [5, 5.41) is 15.2. The lowest BCUT2D eigenvalue weighted by atomic mass is 10.3. The molecule has 1 aromatic carbocycles. The molecular formula is C15H18Cl2N6O. The van der Waals surface area contributed by atoms with Crippen LogP contribution in [-0.4, -0.2) is 59.5 Å². The quantitative estimate of drug-likeness (QED) is 0.811. The van der Waals surface area contributed by atoms with Gasteiger partial charge >= 0.3 is 0 Å². The van der Waals surface area contributed by atoms with Gasteiger partial charge in [-0.3, -0.25) is 4.90 Å². The van der Waals surface area contributed by atoms with Crippen LogP contribution >= 0.6 is 23.2 Å². The number of nitrogens with one attached hydrogen (secondary N) is 2. The van der Waals surface area contributed by atoms with Gasteiger partial charge in [0.05, 0.1) is 29.5 Å². The van der Waals surface area contributed by atoms with Gasteiger partial charge in [0.15, 0.2) is 5.82 Å². The Kier molecular flexibility index (Phi) is 6.03. The number of hydrogen-bond acceptors (Lipinski definition) is 7. The lowest BCUT2D eigenvalue weighted by Crippen LogP contribution is -2.39. The Bertz CT molecular complexity index is 681. The molecule has 1 aliphatic rings. The fraction of sp³-hybridized carbons (Fsp3) is 0.400. The Morgan fingerprint density at radius 2 is 2.00 bits per heavy atom. The Labute approximate surface area is 150 Å². The molecule has 2 aromatic rings. The third kappa shape index (κ3) is 4.91. The molecule has 24 heavy (non-hydrogen) atoms. The standard InChI is InChI=1S/C15H18Cl2N6O/c16-12-2-1-11(9-13(12)17)20-15-21-14(10-19-22-15)18-3-4-23-5-7-24-8-6-23/h1-2,9-10H,3-8H2,(H2,18,20,21,22). The molecule has 2 heterocycles. The Morgan fingerprint density at radius 3 is 2.79 bits per heavy atom. The van der Waals surface area contributed by atoms with Gasteiger partial charge in [-0.05, 0) is 18.2 Å². The van der Waals surface area contributed by atoms with Crippen molar-refractivity contribution in [2.45, 2.75) is 0 Å². The van der Waals surface area contributed by atoms with Crippen molar-refractivity contribution in [3.63, 3.8) is 0 Å². The van der Waals surface area contributed by atoms with Crippen molar-refractivity contribution in [1.82, 2.24) is 20.1 Å². The molecule has 9 heteroatoms. The molecule has 0 radical (unpaired) electrons. The van der Waals surface area contributed by atoms with Crippen LogP contribution in [-0.2, 0) is 4.74 Å². The maximum atomic E-state index is 6.00. The van der Waals surface area contributed by atoms with Crippen LogP contribution in [0.15, 0.2) is 24.4 Å². The minimum absolute atomic E-state index is 0.393. The van der Waals surface area contributed by atoms with Crippen LogP contribution in [0.25, 0.3) is 0 Å². The van der Waals surface area contributed by atoms with Gasteiger partial charge < -0.3 is 15.4 Å². The average molecular weight is 369 g/mol. The fourth-order valence-corrected chi connectivity index (χ4v) is 2.61. The zero-order chi connectivity index (χ0) is 16.8. The van der Waals surface area contributed by atoms with Gasteiger partial charge in [0, 0.05) is 31.9 Å². The highest BCUT2D eigenvalue weighted by molar-refractivity contribution is 6.42. The topological polar surface area (TPSA) is 75.2 Å². The smallest absolute Gasteiger partial charge is 0.249 e. The number of halogens is 2. The molecule has 0 saturated carbocycles. The largest absolute Gasteiger partial charge is 0.379 e. The number of anilines is 3. The highest BCUT2D eigenvalue weighted by Gasteiger charge is 2.09. The summed E-state index contributed by atoms with van der Waals surface area (Å²) in [5.74, 6) is 1.06. The van der Waals surface area contributed by atoms with E-state index < -0.39 is 0 Å². The summed E-state index contributed by atoms with van der Waals surface area (Å²) in [6, 6.07) is 5.23. The fourth-order valence-electron chi connectivity index (χ4n) is 2.31. The van der Waals surface area contributed by atoms with Gasteiger partial charge in [0.1, 0.15) is 0 Å². The van der Waals surface area contributed by atoms with E-state index in [1.807, 2.05) is 0 Å². The van der Waals surface area contributed by atoms with Gasteiger partial charge in [-0.25, -0.2) is 0 Å². The maximum absolute atomic E-state index is 6.00. The second kappa shape index (κ2) is 8.43. The normalized spacial score (nSPS) is 15.2. The molecule has 0 amide bonds. The van der Waals surface area contributed by atoms with Gasteiger partial charge in [-0.15, -0.1) is 5.10 Å². The molecular weight excluding hydrogens is 351 g/mol. The lowest BCUT2D eigenvalue weighted by molar-refractivity contribution is 0.0398. The molecule has 1 aliphatic heterocycles. The summed E-state index contributed by atoms with van der Waals surface area (Å²) >= 11 is 11.9. The Morgan fingerprint density at radius 1 is 1.17 bits per heavy atom. The molecule has 1 aromatic heterocycles. The lowest BCUT2D eigenvalue weighted by Gasteiger charge is -2.26. The zero-order valence-corrected chi connectivity index (χ0v) is 14.5. The van der Waals surface area contributed by atoms with Crippen LogP contribution < -0.4 is 10.6 Å². The van der Waals surface area contributed by atoms with E-state index in [-0.39, 0.29) is 0 Å². The number of ether oxygens (including phenoxy) is 1. The second-order valence-corrected chi connectivity index (χ2v) is 6.11. The van der Waals surface area contributed by atoms with E-state index in [1.54, 1.807) is 24.4 Å². The van der Waals surface area contributed by atoms with Crippen LogP contribution in [0, 0.1) is 0 Å². The molecule has 0 aliphatic carbocycles. The van der Waals surface area contributed by atoms with E-state index in [2.05, 4.69) is 30.7 Å². The highest BCUT2D eigenvalue weighted by Crippen LogP contribution is 2.26. The van der Waals surface area contributed by atoms with E-state index in [0.717, 1.165) is 45.1 Å². The minimum Gasteiger partial charge on any atom is -0.379 e. The van der Waals surface area contributed by atoms with Crippen molar-refractivity contribution in [2.24, 2.45) is 0 Å². The summed E-state index contributed by atoms with van der Waals surface area (Å²) in [5.41, 5.74) is 0.747. The SMILES string of the molecule is Clc1ccc(Nc2nncc(NCCN3CCOCC3)n2)cc1Cl. The second-order valence-electron chi connectivity index (χ2n) is 5.30. The van der Waals surface area contributed by atoms with Gasteiger partial charge in [0.25, 0.3) is 0 Å². The first-order chi connectivity index (χ1) is 11.7. The van der Waals surface area contributed by atoms with Gasteiger partial charge in [0.2, 0.25) is 5.95 Å². The monoisotopic (exact) mass is 368 g/mol. The third-order valence-corrected chi connectivity index (χ3v) is 4.31. The predicted molar refractivity (Wildman–Crippen MR) is 95.3 cm³/mol. The molecule has 0 bridgehead atoms. The molecule has 0 atom stereocenters. The number of morpholine rings is 1. The number of nitrogens with zero attached hydrogens (tertiary/aromatic N) is 4. The summed E-state index contributed by atoms with van der Waals surface area (Å²) in [4.78, 5) is 6.73. The van der Waals surface area contributed by atoms with Crippen molar-refractivity contribution in [3.8, 4) is 0 Å². The van der Waals surface area contributed by atoms with E-state index in [0.29, 0.717) is 21.8 Å². The summed E-state index contributed by atoms with van der Waals surface area (Å²) in [6.07, 6.45) is 1.60. The number of benzene rings is 1. The molecule has 1 fully saturated rings. The molecule has 128 valence electrons. The minimum atomic E-state index is 0.393. The van der Waals surface area contributed by atoms with E-state index >= 15 is 0 Å². The van der Waals surface area contributed by atoms with E-state index in [1.165, 1.54) is 0 Å². The third-order valence-electron chi connectivity index (χ3n) is 3.57. The first kappa shape index (κ1) is 17.2. The molecule has 0 spiro atoms. The zero-order valence-electron chi connectivity index (χ0n) is 13.0. The van der Waals surface area contributed by atoms with Gasteiger partial charge in [-0.2, -0.15) is 10.1 Å². The predicted octanol–water partition coefficient (Wildman–Crippen LogP) is 2.67. The molecule has 3 rings (SSSR count). The van der Waals surface area contributed by atoms with Crippen LogP contribution in [0.5, 0.6) is 0 Å². The number of aromatic nitrogens is 3. The van der Waals surface area contributed by atoms with Crippen LogP contribution in [0.1, 0.15) is 0 Å². The van der Waals surface area contributed by atoms with Crippen molar-refractivity contribution < 1.29 is 4.74 Å². The maximum Gasteiger partial charge on any atom is 0.249 e. The van der Waals surface area contributed by atoms with E-state index in [9.17, 15) is 0 Å². The summed E-state index contributed by atoms with van der Waals surface area (Å²) < 4.78 is 5.33. The first-order valence-electron chi connectivity index (χ1n) is 7.66. The van der Waals surface area contributed by atoms with Gasteiger partial charge in [-0.1, -0.05) is 23.2 Å². The first-order valence-corrected chi connectivity index (χ1v) is 8.42. The van der Waals surface area contributed by atoms with Crippen molar-refractivity contribution in [1.29, 1.82) is 0 Å². The van der Waals surface area contributed by atoms with Crippen molar-refractivity contribution in [3.05, 3.63) is 34.4 Å². The number of hydrogen-bond donors (Lipinski definition) is 2. The average Bonchev–Trinajstić information content (AvgIpc) is 2.60. The molecule has 0 unspecified atom stereocenters. The Hall–Kier alpha value is -1.67. The summed E-state index contributed by atoms with van der Waals surface area (Å²) in [6.45, 7) is 5.25. The number of rotatable bonds is 6. The molecule has 2 N–H and O–H groups in total. The van der Waals surface area contributed by atoms with Crippen molar-refractivity contribution in [2.75, 3.05) is 50.0 Å². The van der Waals surface area contributed by atoms with E-state index in [4.69, 9.17) is 27.9 Å². The van der Waals surface area contributed by atoms with Crippen molar-refractivity contribution >= 4 is 40.7 Å². The van der Waals surface area contributed by atoms with Crippen LogP contribution in [0.4, 0.5) is 17.5 Å². The summed E-state index contributed by atoms with van der Waals surface area (Å²) in [7, 11) is 0. The molecule has 7 nitrogen and oxygen atoms in total. The Balaban J connectivity index is 1.54. The molecule has 1 saturated heterocycles. The highest BCUT2D eigenvalue weighted by atomic mass is 35.5. The van der Waals surface area contributed by atoms with Crippen LogP contribution in [0.3, 0.4) is 0 Å². The van der Waals surface area contributed by atoms with Crippen LogP contribution in [0.2, 0.25) is 10.0 Å².